The summed E-state index contributed by atoms with van der Waals surface area (Å²) in [5, 5.41) is 0.952. The van der Waals surface area contributed by atoms with Gasteiger partial charge in [-0.25, -0.2) is 4.79 Å². The Balaban J connectivity index is 1.75. The highest BCUT2D eigenvalue weighted by molar-refractivity contribution is 6.42. The van der Waals surface area contributed by atoms with E-state index in [0.717, 1.165) is 5.56 Å². The molecule has 1 atom stereocenters. The van der Waals surface area contributed by atoms with Crippen molar-refractivity contribution in [1.82, 2.24) is 4.90 Å². The lowest BCUT2D eigenvalue weighted by atomic mass is 10.1. The van der Waals surface area contributed by atoms with Gasteiger partial charge < -0.3 is 14.4 Å². The molecule has 6 nitrogen and oxygen atoms in total. The molecule has 0 unspecified atom stereocenters. The van der Waals surface area contributed by atoms with Crippen LogP contribution in [-0.4, -0.2) is 50.1 Å². The summed E-state index contributed by atoms with van der Waals surface area (Å²) in [6, 6.07) is 12.5. The third-order valence-electron chi connectivity index (χ3n) is 4.42. The fraction of sp³-hybridized carbons (Fsp3) is 0.300. The number of hydrogen-bond donors (Lipinski definition) is 0. The molecule has 28 heavy (non-hydrogen) atoms. The lowest BCUT2D eigenvalue weighted by Crippen LogP contribution is -2.49. The highest BCUT2D eigenvalue weighted by Crippen LogP contribution is 2.33. The molecule has 2 aromatic rings. The monoisotopic (exact) mass is 422 g/mol. The van der Waals surface area contributed by atoms with E-state index in [2.05, 4.69) is 0 Å². The number of hydrogen-bond acceptors (Lipinski definition) is 5. The predicted molar refractivity (Wildman–Crippen MR) is 108 cm³/mol. The number of rotatable bonds is 5. The maximum absolute atomic E-state index is 13.0. The largest absolute Gasteiger partial charge is 0.475 e. The second-order valence-electron chi connectivity index (χ2n) is 6.49. The van der Waals surface area contributed by atoms with Gasteiger partial charge in [-0.3, -0.25) is 9.69 Å². The van der Waals surface area contributed by atoms with E-state index in [-0.39, 0.29) is 19.0 Å². The van der Waals surface area contributed by atoms with Crippen LogP contribution in [0.2, 0.25) is 10.0 Å². The van der Waals surface area contributed by atoms with E-state index in [9.17, 15) is 9.59 Å². The summed E-state index contributed by atoms with van der Waals surface area (Å²) in [4.78, 5) is 28.3. The van der Waals surface area contributed by atoms with Gasteiger partial charge in [0.1, 0.15) is 5.75 Å². The van der Waals surface area contributed by atoms with Crippen LogP contribution in [-0.2, 0) is 20.9 Å². The van der Waals surface area contributed by atoms with Crippen molar-refractivity contribution in [2.45, 2.75) is 12.6 Å². The van der Waals surface area contributed by atoms with Gasteiger partial charge in [-0.1, -0.05) is 47.5 Å². The average molecular weight is 423 g/mol. The number of likely N-dealkylation sites (N-methyl/N-ethyl adjacent to an activating group) is 1. The number of para-hydroxylation sites is 2. The molecule has 8 heteroatoms. The molecular formula is C20H20Cl2N2O4. The summed E-state index contributed by atoms with van der Waals surface area (Å²) < 4.78 is 10.5. The van der Waals surface area contributed by atoms with Crippen LogP contribution in [0.15, 0.2) is 42.5 Å². The number of esters is 1. The number of fused-ring (bicyclic) bond motifs is 1. The summed E-state index contributed by atoms with van der Waals surface area (Å²) in [7, 11) is 3.11. The molecule has 3 rings (SSSR count). The predicted octanol–water partition coefficient (Wildman–Crippen LogP) is 3.39. The quantitative estimate of drug-likeness (QED) is 0.691. The van der Waals surface area contributed by atoms with E-state index in [4.69, 9.17) is 32.7 Å². The summed E-state index contributed by atoms with van der Waals surface area (Å²) in [6.07, 6.45) is -0.864. The molecule has 1 aliphatic heterocycles. The zero-order valence-electron chi connectivity index (χ0n) is 15.5. The van der Waals surface area contributed by atoms with Crippen molar-refractivity contribution < 1.29 is 19.1 Å². The molecule has 0 fully saturated rings. The van der Waals surface area contributed by atoms with Gasteiger partial charge in [-0.05, 0) is 30.8 Å². The molecule has 0 saturated carbocycles. The van der Waals surface area contributed by atoms with Crippen LogP contribution in [0.3, 0.4) is 0 Å². The molecule has 2 aromatic carbocycles. The molecule has 1 heterocycles. The van der Waals surface area contributed by atoms with Crippen molar-refractivity contribution in [2.75, 3.05) is 32.1 Å². The first-order chi connectivity index (χ1) is 13.4. The zero-order valence-corrected chi connectivity index (χ0v) is 17.0. The Hall–Kier alpha value is -2.28. The number of amides is 1. The first kappa shape index (κ1) is 20.5. The van der Waals surface area contributed by atoms with Crippen molar-refractivity contribution >= 4 is 40.8 Å². The van der Waals surface area contributed by atoms with Gasteiger partial charge in [-0.2, -0.15) is 0 Å². The minimum Gasteiger partial charge on any atom is -0.475 e. The summed E-state index contributed by atoms with van der Waals surface area (Å²) in [5.74, 6) is -0.213. The highest BCUT2D eigenvalue weighted by atomic mass is 35.5. The lowest BCUT2D eigenvalue weighted by molar-refractivity contribution is -0.148. The maximum Gasteiger partial charge on any atom is 0.348 e. The number of nitrogens with zero attached hydrogens (tertiary/aromatic N) is 2. The van der Waals surface area contributed by atoms with Gasteiger partial charge in [0, 0.05) is 6.54 Å². The number of anilines is 1. The number of halogens is 2. The zero-order chi connectivity index (χ0) is 20.3. The number of carbonyl (C=O) groups is 2. The number of benzene rings is 2. The second-order valence-corrected chi connectivity index (χ2v) is 7.27. The Bertz CT molecular complexity index is 890. The first-order valence-corrected chi connectivity index (χ1v) is 9.41. The minimum atomic E-state index is -0.864. The molecule has 0 saturated heterocycles. The van der Waals surface area contributed by atoms with Crippen LogP contribution >= 0.6 is 23.2 Å². The molecule has 0 spiro atoms. The maximum atomic E-state index is 13.0. The Morgan fingerprint density at radius 1 is 1.21 bits per heavy atom. The lowest BCUT2D eigenvalue weighted by Gasteiger charge is -2.34. The number of ether oxygens (including phenoxy) is 2. The smallest absolute Gasteiger partial charge is 0.348 e. The van der Waals surface area contributed by atoms with Gasteiger partial charge in [0.2, 0.25) is 12.0 Å². The standard InChI is InChI=1S/C20H20Cl2N2O4/c1-23(10-13-6-5-7-14(21)19(13)22)12-18(25)24-11-17(20(26)27-2)28-16-9-4-3-8-15(16)24/h3-9,17H,10-12H2,1-2H3/t17-/m1/s1. The molecule has 1 amide bonds. The fourth-order valence-electron chi connectivity index (χ4n) is 3.06. The number of carbonyl (C=O) groups excluding carboxylic acids is 2. The topological polar surface area (TPSA) is 59.1 Å². The molecule has 148 valence electrons. The molecule has 0 bridgehead atoms. The first-order valence-electron chi connectivity index (χ1n) is 8.66. The molecule has 0 aromatic heterocycles. The van der Waals surface area contributed by atoms with Crippen molar-refractivity contribution in [3.05, 3.63) is 58.1 Å². The van der Waals surface area contributed by atoms with Crippen LogP contribution in [0.25, 0.3) is 0 Å². The van der Waals surface area contributed by atoms with Crippen molar-refractivity contribution in [1.29, 1.82) is 0 Å². The van der Waals surface area contributed by atoms with E-state index in [1.165, 1.54) is 7.11 Å². The summed E-state index contributed by atoms with van der Waals surface area (Å²) in [6.45, 7) is 0.677. The number of methoxy groups -OCH3 is 1. The van der Waals surface area contributed by atoms with Crippen LogP contribution in [0.4, 0.5) is 5.69 Å². The van der Waals surface area contributed by atoms with Crippen molar-refractivity contribution in [3.63, 3.8) is 0 Å². The minimum absolute atomic E-state index is 0.0915. The van der Waals surface area contributed by atoms with E-state index < -0.39 is 12.1 Å². The molecule has 0 aliphatic carbocycles. The molecule has 0 radical (unpaired) electrons. The van der Waals surface area contributed by atoms with Gasteiger partial charge in [0.25, 0.3) is 0 Å². The SMILES string of the molecule is COC(=O)[C@H]1CN(C(=O)CN(C)Cc2cccc(Cl)c2Cl)c2ccccc2O1. The molecule has 1 aliphatic rings. The van der Waals surface area contributed by atoms with Gasteiger partial charge in [0.05, 0.1) is 35.9 Å². The van der Waals surface area contributed by atoms with Gasteiger partial charge >= 0.3 is 5.97 Å². The Morgan fingerprint density at radius 3 is 2.71 bits per heavy atom. The van der Waals surface area contributed by atoms with Crippen LogP contribution < -0.4 is 9.64 Å². The van der Waals surface area contributed by atoms with Gasteiger partial charge in [0.15, 0.2) is 0 Å². The van der Waals surface area contributed by atoms with Crippen LogP contribution in [0.1, 0.15) is 5.56 Å². The summed E-state index contributed by atoms with van der Waals surface area (Å²) in [5.41, 5.74) is 1.46. The van der Waals surface area contributed by atoms with E-state index in [0.29, 0.717) is 28.0 Å². The Labute approximate surface area is 173 Å². The van der Waals surface area contributed by atoms with E-state index in [1.54, 1.807) is 29.2 Å². The molecule has 0 N–H and O–H groups in total. The third kappa shape index (κ3) is 4.41. The van der Waals surface area contributed by atoms with E-state index in [1.807, 2.05) is 30.1 Å². The van der Waals surface area contributed by atoms with Gasteiger partial charge in [-0.15, -0.1) is 0 Å². The van der Waals surface area contributed by atoms with Crippen molar-refractivity contribution in [2.24, 2.45) is 0 Å². The van der Waals surface area contributed by atoms with Crippen molar-refractivity contribution in [3.8, 4) is 5.75 Å². The Kier molecular flexibility index (Phi) is 6.44. The van der Waals surface area contributed by atoms with Crippen LogP contribution in [0.5, 0.6) is 5.75 Å². The normalized spacial score (nSPS) is 15.8. The second kappa shape index (κ2) is 8.82. The highest BCUT2D eigenvalue weighted by Gasteiger charge is 2.34. The fourth-order valence-corrected chi connectivity index (χ4v) is 3.44. The summed E-state index contributed by atoms with van der Waals surface area (Å²) >= 11 is 12.3. The molecular weight excluding hydrogens is 403 g/mol. The van der Waals surface area contributed by atoms with Crippen LogP contribution in [0, 0.1) is 0 Å². The van der Waals surface area contributed by atoms with E-state index >= 15 is 0 Å². The Morgan fingerprint density at radius 2 is 1.96 bits per heavy atom. The third-order valence-corrected chi connectivity index (χ3v) is 5.27. The average Bonchev–Trinajstić information content (AvgIpc) is 2.69.